The highest BCUT2D eigenvalue weighted by Crippen LogP contribution is 2.15. The molecule has 0 aliphatic rings. The van der Waals surface area contributed by atoms with Crippen molar-refractivity contribution in [3.63, 3.8) is 0 Å². The summed E-state index contributed by atoms with van der Waals surface area (Å²) >= 11 is 0. The van der Waals surface area contributed by atoms with E-state index in [-0.39, 0.29) is 5.82 Å². The number of anilines is 2. The van der Waals surface area contributed by atoms with Crippen LogP contribution in [0.1, 0.15) is 5.69 Å². The van der Waals surface area contributed by atoms with Crippen molar-refractivity contribution >= 4 is 11.5 Å². The lowest BCUT2D eigenvalue weighted by Gasteiger charge is -2.17. The van der Waals surface area contributed by atoms with Gasteiger partial charge in [0.1, 0.15) is 11.6 Å². The summed E-state index contributed by atoms with van der Waals surface area (Å²) in [7, 11) is 1.92. The minimum atomic E-state index is -0.233. The maximum atomic E-state index is 12.7. The van der Waals surface area contributed by atoms with Gasteiger partial charge in [-0.05, 0) is 24.3 Å². The highest BCUT2D eigenvalue weighted by molar-refractivity contribution is 5.46. The van der Waals surface area contributed by atoms with Gasteiger partial charge in [-0.25, -0.2) is 4.39 Å². The number of nitrogens with zero attached hydrogens (tertiary/aromatic N) is 2. The Bertz CT molecular complexity index is 463. The second kappa shape index (κ2) is 4.22. The number of hydrogen-bond donors (Lipinski definition) is 2. The zero-order valence-corrected chi connectivity index (χ0v) is 8.94. The van der Waals surface area contributed by atoms with E-state index in [9.17, 15) is 4.39 Å². The van der Waals surface area contributed by atoms with Crippen molar-refractivity contribution < 1.29 is 4.39 Å². The molecule has 0 saturated carbocycles. The van der Waals surface area contributed by atoms with Crippen LogP contribution in [-0.4, -0.2) is 17.2 Å². The first kappa shape index (κ1) is 10.5. The molecule has 1 aromatic carbocycles. The summed E-state index contributed by atoms with van der Waals surface area (Å²) in [6.45, 7) is 0.649. The van der Waals surface area contributed by atoms with Crippen LogP contribution in [0.5, 0.6) is 0 Å². The van der Waals surface area contributed by atoms with E-state index in [4.69, 9.17) is 5.73 Å². The molecular weight excluding hydrogens is 207 g/mol. The third-order valence-corrected chi connectivity index (χ3v) is 2.33. The third kappa shape index (κ3) is 2.31. The molecule has 4 nitrogen and oxygen atoms in total. The van der Waals surface area contributed by atoms with E-state index in [1.54, 1.807) is 18.2 Å². The van der Waals surface area contributed by atoms with Gasteiger partial charge < -0.3 is 10.6 Å². The first-order valence-electron chi connectivity index (χ1n) is 4.91. The Kier molecular flexibility index (Phi) is 2.76. The summed E-state index contributed by atoms with van der Waals surface area (Å²) in [6, 6.07) is 8.12. The minimum absolute atomic E-state index is 0.233. The van der Waals surface area contributed by atoms with E-state index >= 15 is 0 Å². The summed E-state index contributed by atoms with van der Waals surface area (Å²) < 4.78 is 12.7. The van der Waals surface area contributed by atoms with Crippen LogP contribution in [0.15, 0.2) is 30.3 Å². The SMILES string of the molecule is CN(Cc1cc(N)n[nH]1)c1ccc(F)cc1. The number of H-pyrrole nitrogens is 1. The lowest BCUT2D eigenvalue weighted by molar-refractivity contribution is 0.627. The van der Waals surface area contributed by atoms with E-state index in [2.05, 4.69) is 10.2 Å². The van der Waals surface area contributed by atoms with E-state index in [0.717, 1.165) is 11.4 Å². The molecule has 0 aliphatic carbocycles. The highest BCUT2D eigenvalue weighted by Gasteiger charge is 2.04. The molecule has 1 heterocycles. The summed E-state index contributed by atoms with van der Waals surface area (Å²) in [6.07, 6.45) is 0. The van der Waals surface area contributed by atoms with Crippen LogP contribution < -0.4 is 10.6 Å². The van der Waals surface area contributed by atoms with Crippen molar-refractivity contribution in [2.75, 3.05) is 17.7 Å². The number of nitrogens with two attached hydrogens (primary N) is 1. The largest absolute Gasteiger partial charge is 0.382 e. The average Bonchev–Trinajstić information content (AvgIpc) is 2.65. The molecule has 1 aromatic heterocycles. The Balaban J connectivity index is 2.08. The second-order valence-corrected chi connectivity index (χ2v) is 3.65. The van der Waals surface area contributed by atoms with Gasteiger partial charge in [-0.15, -0.1) is 0 Å². The van der Waals surface area contributed by atoms with Gasteiger partial charge in [0.25, 0.3) is 0 Å². The second-order valence-electron chi connectivity index (χ2n) is 3.65. The number of benzene rings is 1. The van der Waals surface area contributed by atoms with Gasteiger partial charge in [-0.2, -0.15) is 5.10 Å². The first-order chi connectivity index (χ1) is 7.65. The Labute approximate surface area is 92.9 Å². The summed E-state index contributed by atoms with van der Waals surface area (Å²) in [4.78, 5) is 1.98. The molecule has 0 saturated heterocycles. The van der Waals surface area contributed by atoms with Gasteiger partial charge in [-0.1, -0.05) is 0 Å². The number of nitrogens with one attached hydrogen (secondary N) is 1. The zero-order chi connectivity index (χ0) is 11.5. The smallest absolute Gasteiger partial charge is 0.145 e. The van der Waals surface area contributed by atoms with Crippen molar-refractivity contribution in [3.8, 4) is 0 Å². The van der Waals surface area contributed by atoms with Crippen LogP contribution in [0.4, 0.5) is 15.9 Å². The molecule has 84 valence electrons. The highest BCUT2D eigenvalue weighted by atomic mass is 19.1. The molecule has 2 rings (SSSR count). The normalized spacial score (nSPS) is 10.4. The molecule has 0 bridgehead atoms. The van der Waals surface area contributed by atoms with Gasteiger partial charge >= 0.3 is 0 Å². The summed E-state index contributed by atoms with van der Waals surface area (Å²) in [5.41, 5.74) is 7.36. The van der Waals surface area contributed by atoms with E-state index in [0.29, 0.717) is 12.4 Å². The topological polar surface area (TPSA) is 57.9 Å². The maximum Gasteiger partial charge on any atom is 0.145 e. The Morgan fingerprint density at radius 3 is 2.62 bits per heavy atom. The number of nitrogen functional groups attached to an aromatic ring is 1. The molecule has 2 aromatic rings. The van der Waals surface area contributed by atoms with Gasteiger partial charge in [0.15, 0.2) is 0 Å². The van der Waals surface area contributed by atoms with E-state index < -0.39 is 0 Å². The lowest BCUT2D eigenvalue weighted by Crippen LogP contribution is -2.16. The van der Waals surface area contributed by atoms with Gasteiger partial charge in [0, 0.05) is 18.8 Å². The maximum absolute atomic E-state index is 12.7. The van der Waals surface area contributed by atoms with Crippen molar-refractivity contribution in [2.24, 2.45) is 0 Å². The summed E-state index contributed by atoms with van der Waals surface area (Å²) in [5, 5.41) is 6.67. The number of aromatic amines is 1. The molecule has 0 atom stereocenters. The Morgan fingerprint density at radius 2 is 2.06 bits per heavy atom. The van der Waals surface area contributed by atoms with Crippen molar-refractivity contribution in [2.45, 2.75) is 6.54 Å². The van der Waals surface area contributed by atoms with Crippen LogP contribution in [0, 0.1) is 5.82 Å². The third-order valence-electron chi connectivity index (χ3n) is 2.33. The molecule has 5 heteroatoms. The summed E-state index contributed by atoms with van der Waals surface area (Å²) in [5.74, 6) is 0.241. The predicted molar refractivity (Wildman–Crippen MR) is 61.5 cm³/mol. The molecule has 0 fully saturated rings. The van der Waals surface area contributed by atoms with Crippen LogP contribution >= 0.6 is 0 Å². The monoisotopic (exact) mass is 220 g/mol. The van der Waals surface area contributed by atoms with Crippen molar-refractivity contribution in [3.05, 3.63) is 41.8 Å². The lowest BCUT2D eigenvalue weighted by atomic mass is 10.3. The van der Waals surface area contributed by atoms with Gasteiger partial charge in [0.2, 0.25) is 0 Å². The van der Waals surface area contributed by atoms with Gasteiger partial charge in [-0.3, -0.25) is 5.10 Å². The van der Waals surface area contributed by atoms with Crippen LogP contribution in [0.2, 0.25) is 0 Å². The van der Waals surface area contributed by atoms with E-state index in [1.807, 2.05) is 11.9 Å². The molecule has 0 aliphatic heterocycles. The van der Waals surface area contributed by atoms with Crippen LogP contribution in [-0.2, 0) is 6.54 Å². The van der Waals surface area contributed by atoms with E-state index in [1.165, 1.54) is 12.1 Å². The molecule has 0 spiro atoms. The van der Waals surface area contributed by atoms with Gasteiger partial charge in [0.05, 0.1) is 12.2 Å². The Hall–Kier alpha value is -2.04. The first-order valence-corrected chi connectivity index (χ1v) is 4.91. The molecular formula is C11H13FN4. The molecule has 3 N–H and O–H groups in total. The van der Waals surface area contributed by atoms with Crippen LogP contribution in [0.25, 0.3) is 0 Å². The van der Waals surface area contributed by atoms with Crippen molar-refractivity contribution in [1.82, 2.24) is 10.2 Å². The molecule has 0 radical (unpaired) electrons. The fourth-order valence-corrected chi connectivity index (χ4v) is 1.50. The fourth-order valence-electron chi connectivity index (χ4n) is 1.50. The number of halogens is 1. The quantitative estimate of drug-likeness (QED) is 0.828. The predicted octanol–water partition coefficient (Wildman–Crippen LogP) is 1.77. The Morgan fingerprint density at radius 1 is 1.38 bits per heavy atom. The molecule has 0 amide bonds. The average molecular weight is 220 g/mol. The standard InChI is InChI=1S/C11H13FN4/c1-16(7-9-6-11(13)15-14-9)10-4-2-8(12)3-5-10/h2-6H,7H2,1H3,(H3,13,14,15). The molecule has 0 unspecified atom stereocenters. The fraction of sp³-hybridized carbons (Fsp3) is 0.182. The number of hydrogen-bond acceptors (Lipinski definition) is 3. The molecule has 16 heavy (non-hydrogen) atoms. The van der Waals surface area contributed by atoms with Crippen molar-refractivity contribution in [1.29, 1.82) is 0 Å². The minimum Gasteiger partial charge on any atom is -0.382 e. The number of rotatable bonds is 3. The zero-order valence-electron chi connectivity index (χ0n) is 8.94. The number of aromatic nitrogens is 2. The van der Waals surface area contributed by atoms with Crippen LogP contribution in [0.3, 0.4) is 0 Å².